The van der Waals surface area contributed by atoms with Gasteiger partial charge in [-0.2, -0.15) is 0 Å². The summed E-state index contributed by atoms with van der Waals surface area (Å²) in [5, 5.41) is 7.05. The minimum Gasteiger partial charge on any atom is -0.364 e. The standard InChI is InChI=1S/C24H21N5O3S2/c1-13-4-6-15(7-5-13)29-20(30)10-16(21(29)19-3-2-8-33-19)23(32)28-24-27-18(12-34-24)14-9-17(22(25)31)26-11-14/h2-9,11-12,16,21,26H,10H2,1H3,(H2,25,31)(H,27,28,32). The van der Waals surface area contributed by atoms with Crippen molar-refractivity contribution in [2.45, 2.75) is 19.4 Å². The first-order valence-corrected chi connectivity index (χ1v) is 12.3. The molecule has 0 aliphatic carbocycles. The van der Waals surface area contributed by atoms with Gasteiger partial charge in [-0.05, 0) is 36.6 Å². The number of anilines is 2. The Kier molecular flexibility index (Phi) is 5.76. The molecular formula is C24H21N5O3S2. The van der Waals surface area contributed by atoms with Crippen LogP contribution in [0.5, 0.6) is 0 Å². The number of nitrogens with zero attached hydrogens (tertiary/aromatic N) is 2. The Hall–Kier alpha value is -3.76. The van der Waals surface area contributed by atoms with E-state index < -0.39 is 17.9 Å². The van der Waals surface area contributed by atoms with E-state index in [4.69, 9.17) is 5.73 Å². The summed E-state index contributed by atoms with van der Waals surface area (Å²) in [7, 11) is 0. The maximum Gasteiger partial charge on any atom is 0.265 e. The lowest BCUT2D eigenvalue weighted by atomic mass is 9.97. The van der Waals surface area contributed by atoms with Gasteiger partial charge in [0.15, 0.2) is 5.13 Å². The second kappa shape index (κ2) is 8.88. The lowest BCUT2D eigenvalue weighted by Crippen LogP contribution is -2.31. The van der Waals surface area contributed by atoms with Gasteiger partial charge in [-0.15, -0.1) is 22.7 Å². The molecule has 1 saturated heterocycles. The molecular weight excluding hydrogens is 470 g/mol. The molecule has 3 amide bonds. The number of hydrogen-bond donors (Lipinski definition) is 3. The fraction of sp³-hybridized carbons (Fsp3) is 0.167. The number of carbonyl (C=O) groups is 3. The molecule has 1 fully saturated rings. The van der Waals surface area contributed by atoms with Gasteiger partial charge in [0.2, 0.25) is 11.8 Å². The molecule has 2 atom stereocenters. The zero-order valence-corrected chi connectivity index (χ0v) is 19.8. The first kappa shape index (κ1) is 22.1. The van der Waals surface area contributed by atoms with Gasteiger partial charge in [-0.1, -0.05) is 23.8 Å². The molecule has 3 aromatic heterocycles. The van der Waals surface area contributed by atoms with Crippen molar-refractivity contribution in [1.29, 1.82) is 0 Å². The molecule has 4 aromatic rings. The maximum absolute atomic E-state index is 13.4. The number of aromatic nitrogens is 2. The lowest BCUT2D eigenvalue weighted by Gasteiger charge is -2.27. The second-order valence-corrected chi connectivity index (χ2v) is 9.90. The van der Waals surface area contributed by atoms with Crippen molar-refractivity contribution in [2.24, 2.45) is 11.7 Å². The molecule has 8 nitrogen and oxygen atoms in total. The zero-order valence-electron chi connectivity index (χ0n) is 18.1. The number of carbonyl (C=O) groups excluding carboxylic acids is 3. The highest BCUT2D eigenvalue weighted by Gasteiger charge is 2.46. The highest BCUT2D eigenvalue weighted by Crippen LogP contribution is 2.43. The average molecular weight is 492 g/mol. The highest BCUT2D eigenvalue weighted by atomic mass is 32.1. The number of amides is 3. The third-order valence-corrected chi connectivity index (χ3v) is 7.49. The fourth-order valence-electron chi connectivity index (χ4n) is 4.11. The van der Waals surface area contributed by atoms with E-state index in [9.17, 15) is 14.4 Å². The normalized spacial score (nSPS) is 17.8. The Balaban J connectivity index is 1.39. The van der Waals surface area contributed by atoms with Crippen LogP contribution >= 0.6 is 22.7 Å². The molecule has 1 aliphatic rings. The Morgan fingerprint density at radius 1 is 1.21 bits per heavy atom. The molecule has 5 rings (SSSR count). The summed E-state index contributed by atoms with van der Waals surface area (Å²) in [6, 6.07) is 12.9. The topological polar surface area (TPSA) is 121 Å². The molecule has 34 heavy (non-hydrogen) atoms. The summed E-state index contributed by atoms with van der Waals surface area (Å²) in [6.07, 6.45) is 1.75. The summed E-state index contributed by atoms with van der Waals surface area (Å²) >= 11 is 2.81. The maximum atomic E-state index is 13.4. The number of rotatable bonds is 6. The molecule has 2 unspecified atom stereocenters. The van der Waals surface area contributed by atoms with Crippen LogP contribution in [-0.2, 0) is 9.59 Å². The smallest absolute Gasteiger partial charge is 0.265 e. The van der Waals surface area contributed by atoms with Crippen LogP contribution in [0.4, 0.5) is 10.8 Å². The van der Waals surface area contributed by atoms with Gasteiger partial charge in [0.05, 0.1) is 17.7 Å². The number of aromatic amines is 1. The summed E-state index contributed by atoms with van der Waals surface area (Å²) in [4.78, 5) is 47.7. The number of nitrogens with two attached hydrogens (primary N) is 1. The number of thiazole rings is 1. The van der Waals surface area contributed by atoms with E-state index >= 15 is 0 Å². The van der Waals surface area contributed by atoms with Gasteiger partial charge >= 0.3 is 0 Å². The van der Waals surface area contributed by atoms with Crippen LogP contribution < -0.4 is 16.0 Å². The fourth-order valence-corrected chi connectivity index (χ4v) is 5.71. The molecule has 0 radical (unpaired) electrons. The van der Waals surface area contributed by atoms with Crippen LogP contribution in [0.2, 0.25) is 0 Å². The van der Waals surface area contributed by atoms with Crippen molar-refractivity contribution >= 4 is 51.2 Å². The van der Waals surface area contributed by atoms with E-state index in [0.29, 0.717) is 16.4 Å². The summed E-state index contributed by atoms with van der Waals surface area (Å²) in [5.74, 6) is -1.46. The number of H-pyrrole nitrogens is 1. The predicted molar refractivity (Wildman–Crippen MR) is 133 cm³/mol. The van der Waals surface area contributed by atoms with E-state index in [1.54, 1.807) is 22.5 Å². The minimum atomic E-state index is -0.562. The summed E-state index contributed by atoms with van der Waals surface area (Å²) in [5.41, 5.74) is 8.77. The predicted octanol–water partition coefficient (Wildman–Crippen LogP) is 4.34. The Bertz CT molecular complexity index is 1360. The molecule has 0 bridgehead atoms. The number of hydrogen-bond acceptors (Lipinski definition) is 6. The number of primary amides is 1. The number of benzene rings is 1. The molecule has 10 heteroatoms. The Morgan fingerprint density at radius 3 is 2.68 bits per heavy atom. The van der Waals surface area contributed by atoms with Crippen molar-refractivity contribution in [1.82, 2.24) is 9.97 Å². The van der Waals surface area contributed by atoms with Crippen molar-refractivity contribution in [2.75, 3.05) is 10.2 Å². The van der Waals surface area contributed by atoms with Crippen molar-refractivity contribution in [3.05, 3.63) is 75.6 Å². The van der Waals surface area contributed by atoms with E-state index in [2.05, 4.69) is 15.3 Å². The SMILES string of the molecule is Cc1ccc(N2C(=O)CC(C(=O)Nc3nc(-c4c[nH]c(C(N)=O)c4)cs3)C2c2cccs2)cc1. The molecule has 0 spiro atoms. The number of thiophene rings is 1. The second-order valence-electron chi connectivity index (χ2n) is 8.06. The summed E-state index contributed by atoms with van der Waals surface area (Å²) in [6.45, 7) is 1.99. The minimum absolute atomic E-state index is 0.0893. The van der Waals surface area contributed by atoms with E-state index in [-0.39, 0.29) is 23.9 Å². The molecule has 4 heterocycles. The largest absolute Gasteiger partial charge is 0.364 e. The Labute approximate surface area is 203 Å². The van der Waals surface area contributed by atoms with Crippen LogP contribution in [0.3, 0.4) is 0 Å². The van der Waals surface area contributed by atoms with Gasteiger partial charge < -0.3 is 20.9 Å². The monoisotopic (exact) mass is 491 g/mol. The van der Waals surface area contributed by atoms with Gasteiger partial charge in [0, 0.05) is 34.1 Å². The zero-order chi connectivity index (χ0) is 23.8. The van der Waals surface area contributed by atoms with Crippen LogP contribution in [0, 0.1) is 12.8 Å². The molecule has 172 valence electrons. The van der Waals surface area contributed by atoms with Crippen LogP contribution in [-0.4, -0.2) is 27.7 Å². The van der Waals surface area contributed by atoms with Crippen molar-refractivity contribution in [3.8, 4) is 11.3 Å². The lowest BCUT2D eigenvalue weighted by molar-refractivity contribution is -0.122. The van der Waals surface area contributed by atoms with Gasteiger partial charge in [-0.25, -0.2) is 4.98 Å². The third-order valence-electron chi connectivity index (χ3n) is 5.78. The van der Waals surface area contributed by atoms with Crippen molar-refractivity contribution in [3.63, 3.8) is 0 Å². The van der Waals surface area contributed by atoms with E-state index in [0.717, 1.165) is 16.1 Å². The molecule has 4 N–H and O–H groups in total. The average Bonchev–Trinajstić information content (AvgIpc) is 3.60. The number of nitrogens with one attached hydrogen (secondary N) is 2. The highest BCUT2D eigenvalue weighted by molar-refractivity contribution is 7.14. The van der Waals surface area contributed by atoms with E-state index in [1.165, 1.54) is 22.7 Å². The Morgan fingerprint density at radius 2 is 2.00 bits per heavy atom. The third kappa shape index (κ3) is 4.13. The van der Waals surface area contributed by atoms with Crippen LogP contribution in [0.1, 0.15) is 33.4 Å². The van der Waals surface area contributed by atoms with Crippen LogP contribution in [0.25, 0.3) is 11.3 Å². The number of aryl methyl sites for hydroxylation is 1. The quantitative estimate of drug-likeness (QED) is 0.371. The summed E-state index contributed by atoms with van der Waals surface area (Å²) < 4.78 is 0. The van der Waals surface area contributed by atoms with Gasteiger partial charge in [-0.3, -0.25) is 14.4 Å². The van der Waals surface area contributed by atoms with E-state index in [1.807, 2.05) is 48.7 Å². The molecule has 1 aliphatic heterocycles. The molecule has 0 saturated carbocycles. The van der Waals surface area contributed by atoms with Crippen molar-refractivity contribution < 1.29 is 14.4 Å². The van der Waals surface area contributed by atoms with Gasteiger partial charge in [0.1, 0.15) is 5.69 Å². The molecule has 1 aromatic carbocycles. The first-order valence-electron chi connectivity index (χ1n) is 10.6. The first-order chi connectivity index (χ1) is 16.4. The van der Waals surface area contributed by atoms with Crippen LogP contribution in [0.15, 0.2) is 59.4 Å². The van der Waals surface area contributed by atoms with Gasteiger partial charge in [0.25, 0.3) is 5.91 Å².